The lowest BCUT2D eigenvalue weighted by atomic mass is 10.3. The Bertz CT molecular complexity index is 1390. The van der Waals surface area contributed by atoms with E-state index in [2.05, 4.69) is 46.6 Å². The van der Waals surface area contributed by atoms with Gasteiger partial charge in [-0.1, -0.05) is 12.1 Å². The van der Waals surface area contributed by atoms with Gasteiger partial charge < -0.3 is 10.6 Å². The smallest absolute Gasteiger partial charge is 0.230 e. The molecule has 3 aromatic heterocycles. The van der Waals surface area contributed by atoms with Gasteiger partial charge in [0, 0.05) is 12.7 Å². The molecule has 1 aromatic carbocycles. The van der Waals surface area contributed by atoms with Crippen LogP contribution in [0.25, 0.3) is 11.0 Å². The minimum Gasteiger partial charge on any atom is -0.338 e. The van der Waals surface area contributed by atoms with Crippen LogP contribution in [0.3, 0.4) is 0 Å². The van der Waals surface area contributed by atoms with Crippen LogP contribution in [0.2, 0.25) is 0 Å². The van der Waals surface area contributed by atoms with Crippen LogP contribution in [-0.2, 0) is 16.4 Å². The van der Waals surface area contributed by atoms with E-state index in [-0.39, 0.29) is 4.90 Å². The molecule has 2 N–H and O–H groups in total. The van der Waals surface area contributed by atoms with Gasteiger partial charge in [-0.25, -0.2) is 18.4 Å². The average molecular weight is 516 g/mol. The third-order valence-corrected chi connectivity index (χ3v) is 7.58. The van der Waals surface area contributed by atoms with E-state index < -0.39 is 15.1 Å². The predicted octanol–water partition coefficient (Wildman–Crippen LogP) is 4.67. The highest BCUT2D eigenvalue weighted by molar-refractivity contribution is 9.10. The number of rotatable bonds is 7. The van der Waals surface area contributed by atoms with Gasteiger partial charge in [0.1, 0.15) is 22.7 Å². The molecule has 0 saturated carbocycles. The molecule has 4 rings (SSSR count). The number of benzene rings is 1. The second-order valence-electron chi connectivity index (χ2n) is 7.32. The van der Waals surface area contributed by atoms with Gasteiger partial charge in [0.2, 0.25) is 5.95 Å². The number of para-hydroxylation sites is 1. The van der Waals surface area contributed by atoms with Crippen molar-refractivity contribution in [3.63, 3.8) is 0 Å². The largest absolute Gasteiger partial charge is 0.338 e. The first-order valence-electron chi connectivity index (χ1n) is 10.0. The van der Waals surface area contributed by atoms with Gasteiger partial charge in [0.25, 0.3) is 0 Å². The van der Waals surface area contributed by atoms with Gasteiger partial charge >= 0.3 is 0 Å². The van der Waals surface area contributed by atoms with E-state index in [0.717, 1.165) is 17.6 Å². The number of nitrogens with one attached hydrogen (secondary N) is 2. The number of sulfone groups is 1. The van der Waals surface area contributed by atoms with E-state index >= 15 is 0 Å². The van der Waals surface area contributed by atoms with Gasteiger partial charge in [-0.05, 0) is 61.0 Å². The summed E-state index contributed by atoms with van der Waals surface area (Å²) in [5, 5.41) is 10.1. The Kier molecular flexibility index (Phi) is 6.11. The molecule has 0 unspecified atom stereocenters. The molecule has 0 aliphatic rings. The molecule has 4 aromatic rings. The second kappa shape index (κ2) is 8.83. The van der Waals surface area contributed by atoms with Crippen molar-refractivity contribution in [3.05, 3.63) is 53.3 Å². The number of nitrogens with zero attached hydrogens (tertiary/aromatic N) is 5. The zero-order valence-corrected chi connectivity index (χ0v) is 20.1. The Labute approximate surface area is 194 Å². The number of hydrogen-bond acceptors (Lipinski definition) is 8. The predicted molar refractivity (Wildman–Crippen MR) is 128 cm³/mol. The summed E-state index contributed by atoms with van der Waals surface area (Å²) in [6.07, 6.45) is 3.47. The maximum atomic E-state index is 12.8. The van der Waals surface area contributed by atoms with Crippen LogP contribution in [0, 0.1) is 0 Å². The van der Waals surface area contributed by atoms with Crippen LogP contribution >= 0.6 is 15.9 Å². The lowest BCUT2D eigenvalue weighted by Gasteiger charge is -2.15. The summed E-state index contributed by atoms with van der Waals surface area (Å²) in [4.78, 5) is 13.6. The van der Waals surface area contributed by atoms with Crippen LogP contribution in [0.1, 0.15) is 20.8 Å². The maximum Gasteiger partial charge on any atom is 0.230 e. The molecule has 0 fully saturated rings. The molecule has 0 spiro atoms. The molecule has 0 aliphatic carbocycles. The summed E-state index contributed by atoms with van der Waals surface area (Å²) in [5.74, 6) is 1.31. The lowest BCUT2D eigenvalue weighted by Crippen LogP contribution is -2.15. The van der Waals surface area contributed by atoms with Crippen molar-refractivity contribution in [1.29, 1.82) is 0 Å². The summed E-state index contributed by atoms with van der Waals surface area (Å²) >= 11 is 3.43. The summed E-state index contributed by atoms with van der Waals surface area (Å²) in [6.45, 7) is 6.09. The van der Waals surface area contributed by atoms with Crippen molar-refractivity contribution in [2.45, 2.75) is 37.5 Å². The lowest BCUT2D eigenvalue weighted by molar-refractivity contribution is 0.588. The van der Waals surface area contributed by atoms with Crippen LogP contribution in [0.4, 0.5) is 23.3 Å². The quantitative estimate of drug-likeness (QED) is 0.364. The van der Waals surface area contributed by atoms with Crippen molar-refractivity contribution in [3.8, 4) is 0 Å². The molecule has 0 aliphatic heterocycles. The molecular weight excluding hydrogens is 494 g/mol. The van der Waals surface area contributed by atoms with Gasteiger partial charge in [0.05, 0.1) is 26.5 Å². The zero-order chi connectivity index (χ0) is 22.9. The number of aryl methyl sites for hydroxylation is 1. The third-order valence-electron chi connectivity index (χ3n) is 4.79. The monoisotopic (exact) mass is 515 g/mol. The number of fused-ring (bicyclic) bond motifs is 1. The minimum atomic E-state index is -3.47. The van der Waals surface area contributed by atoms with Gasteiger partial charge in [-0.15, -0.1) is 0 Å². The van der Waals surface area contributed by atoms with Crippen LogP contribution in [0.15, 0.2) is 58.2 Å². The van der Waals surface area contributed by atoms with E-state index in [4.69, 9.17) is 0 Å². The molecule has 0 atom stereocenters. The summed E-state index contributed by atoms with van der Waals surface area (Å²) in [5.41, 5.74) is 2.01. The van der Waals surface area contributed by atoms with Crippen LogP contribution in [0.5, 0.6) is 0 Å². The van der Waals surface area contributed by atoms with Gasteiger partial charge in [-0.2, -0.15) is 10.1 Å². The fraction of sp³-hybridized carbons (Fsp3) is 0.238. The van der Waals surface area contributed by atoms with E-state index in [1.54, 1.807) is 50.4 Å². The molecule has 0 bridgehead atoms. The van der Waals surface area contributed by atoms with Crippen molar-refractivity contribution < 1.29 is 8.42 Å². The Hall–Kier alpha value is -3.05. The first-order valence-corrected chi connectivity index (χ1v) is 12.4. The summed E-state index contributed by atoms with van der Waals surface area (Å²) < 4.78 is 27.9. The third kappa shape index (κ3) is 4.44. The Morgan fingerprint density at radius 1 is 1.06 bits per heavy atom. The van der Waals surface area contributed by atoms with Gasteiger partial charge in [0.15, 0.2) is 9.84 Å². The number of pyridine rings is 1. The molecule has 11 heteroatoms. The van der Waals surface area contributed by atoms with E-state index in [0.29, 0.717) is 27.7 Å². The van der Waals surface area contributed by atoms with Crippen molar-refractivity contribution in [2.24, 2.45) is 0 Å². The maximum absolute atomic E-state index is 12.8. The molecule has 3 heterocycles. The highest BCUT2D eigenvalue weighted by Crippen LogP contribution is 2.30. The Morgan fingerprint density at radius 3 is 2.59 bits per heavy atom. The molecular formula is C21H22BrN7O2S. The summed E-state index contributed by atoms with van der Waals surface area (Å²) in [6, 6.07) is 10.4. The molecule has 0 amide bonds. The summed E-state index contributed by atoms with van der Waals surface area (Å²) in [7, 11) is -3.47. The van der Waals surface area contributed by atoms with E-state index in [1.807, 2.05) is 23.9 Å². The number of anilines is 4. The van der Waals surface area contributed by atoms with Crippen molar-refractivity contribution in [2.75, 3.05) is 10.6 Å². The molecule has 0 saturated heterocycles. The highest BCUT2D eigenvalue weighted by atomic mass is 79.9. The minimum absolute atomic E-state index is 0.218. The SMILES string of the molecule is CCn1cc2nc(Nc3ncc(Br)c(Nc4ccccc4S(=O)(=O)C(C)C)n3)ccc2n1. The normalized spacial score (nSPS) is 11.8. The van der Waals surface area contributed by atoms with Gasteiger partial charge in [-0.3, -0.25) is 4.68 Å². The topological polar surface area (TPSA) is 115 Å². The van der Waals surface area contributed by atoms with Crippen molar-refractivity contribution >= 4 is 60.1 Å². The van der Waals surface area contributed by atoms with Crippen LogP contribution in [-0.4, -0.2) is 38.4 Å². The Balaban J connectivity index is 1.63. The van der Waals surface area contributed by atoms with E-state index in [1.165, 1.54) is 0 Å². The number of halogens is 1. The average Bonchev–Trinajstić information content (AvgIpc) is 3.19. The van der Waals surface area contributed by atoms with E-state index in [9.17, 15) is 8.42 Å². The second-order valence-corrected chi connectivity index (χ2v) is 10.6. The standard InChI is InChI=1S/C21H22BrN7O2S/c1-4-29-12-17-15(28-29)9-10-19(24-17)26-21-23-11-14(22)20(27-21)25-16-7-5-6-8-18(16)32(30,31)13(2)3/h5-13H,4H2,1-3H3,(H2,23,24,25,26,27). The Morgan fingerprint density at radius 2 is 1.84 bits per heavy atom. The number of aromatic nitrogens is 5. The fourth-order valence-corrected chi connectivity index (χ4v) is 4.51. The molecule has 9 nitrogen and oxygen atoms in total. The van der Waals surface area contributed by atoms with Crippen molar-refractivity contribution in [1.82, 2.24) is 24.7 Å². The molecule has 32 heavy (non-hydrogen) atoms. The first kappa shape index (κ1) is 22.2. The number of hydrogen-bond donors (Lipinski definition) is 2. The van der Waals surface area contributed by atoms with Crippen LogP contribution < -0.4 is 10.6 Å². The highest BCUT2D eigenvalue weighted by Gasteiger charge is 2.23. The fourth-order valence-electron chi connectivity index (χ4n) is 3.02. The molecule has 0 radical (unpaired) electrons. The first-order chi connectivity index (χ1) is 15.3. The molecule has 166 valence electrons. The zero-order valence-electron chi connectivity index (χ0n) is 17.7.